The Morgan fingerprint density at radius 3 is 2.41 bits per heavy atom. The molecule has 0 radical (unpaired) electrons. The molecule has 0 bridgehead atoms. The highest BCUT2D eigenvalue weighted by atomic mass is 32.1. The summed E-state index contributed by atoms with van der Waals surface area (Å²) >= 11 is 1.27. The maximum absolute atomic E-state index is 12.4. The van der Waals surface area contributed by atoms with Gasteiger partial charge in [-0.1, -0.05) is 4.49 Å². The quantitative estimate of drug-likeness (QED) is 0.864. The van der Waals surface area contributed by atoms with Gasteiger partial charge in [-0.15, -0.1) is 5.10 Å². The highest BCUT2D eigenvalue weighted by Crippen LogP contribution is 2.21. The highest BCUT2D eigenvalue weighted by molar-refractivity contribution is 7.05. The first-order chi connectivity index (χ1) is 10.7. The van der Waals surface area contributed by atoms with Gasteiger partial charge in [-0.3, -0.25) is 4.79 Å². The van der Waals surface area contributed by atoms with Crippen LogP contribution in [0.2, 0.25) is 0 Å². The minimum Gasteiger partial charge on any atom is -0.497 e. The smallest absolute Gasteiger partial charge is 0.275 e. The number of rotatable bonds is 3. The molecule has 0 unspecified atom stereocenters. The van der Waals surface area contributed by atoms with Gasteiger partial charge in [0.2, 0.25) is 0 Å². The molecule has 1 amide bonds. The lowest BCUT2D eigenvalue weighted by atomic mass is 10.2. The van der Waals surface area contributed by atoms with Gasteiger partial charge >= 0.3 is 0 Å². The van der Waals surface area contributed by atoms with E-state index in [1.54, 1.807) is 7.11 Å². The van der Waals surface area contributed by atoms with Crippen molar-refractivity contribution in [2.45, 2.75) is 6.92 Å². The number of hydrogen-bond acceptors (Lipinski definition) is 6. The number of piperazine rings is 1. The molecule has 0 aliphatic carbocycles. The van der Waals surface area contributed by atoms with Crippen LogP contribution in [-0.4, -0.2) is 53.7 Å². The second-order valence-corrected chi connectivity index (χ2v) is 6.11. The van der Waals surface area contributed by atoms with E-state index in [4.69, 9.17) is 4.74 Å². The standard InChI is InChI=1S/C15H18N4O2S/c1-11-14(16-17-22-11)15(20)19-9-7-18(8-10-19)12-3-5-13(21-2)6-4-12/h3-6H,7-10H2,1-2H3. The number of hydrogen-bond donors (Lipinski definition) is 0. The number of anilines is 1. The fraction of sp³-hybridized carbons (Fsp3) is 0.400. The predicted octanol–water partition coefficient (Wildman–Crippen LogP) is 1.82. The van der Waals surface area contributed by atoms with Gasteiger partial charge in [-0.25, -0.2) is 0 Å². The molecular weight excluding hydrogens is 300 g/mol. The molecule has 0 saturated carbocycles. The van der Waals surface area contributed by atoms with Gasteiger partial charge < -0.3 is 14.5 Å². The number of amides is 1. The van der Waals surface area contributed by atoms with Crippen molar-refractivity contribution in [3.63, 3.8) is 0 Å². The van der Waals surface area contributed by atoms with E-state index >= 15 is 0 Å². The van der Waals surface area contributed by atoms with Gasteiger partial charge in [-0.2, -0.15) is 0 Å². The molecule has 1 fully saturated rings. The molecule has 1 saturated heterocycles. The first-order valence-electron chi connectivity index (χ1n) is 7.16. The van der Waals surface area contributed by atoms with Crippen molar-refractivity contribution in [1.82, 2.24) is 14.5 Å². The Morgan fingerprint density at radius 2 is 1.86 bits per heavy atom. The maximum atomic E-state index is 12.4. The fourth-order valence-corrected chi connectivity index (χ4v) is 3.00. The maximum Gasteiger partial charge on any atom is 0.275 e. The summed E-state index contributed by atoms with van der Waals surface area (Å²) in [5.74, 6) is 0.838. The topological polar surface area (TPSA) is 58.6 Å². The lowest BCUT2D eigenvalue weighted by molar-refractivity contribution is 0.0740. The molecule has 6 nitrogen and oxygen atoms in total. The number of aromatic nitrogens is 2. The second-order valence-electron chi connectivity index (χ2n) is 5.16. The summed E-state index contributed by atoms with van der Waals surface area (Å²) in [6, 6.07) is 8.00. The third kappa shape index (κ3) is 2.89. The van der Waals surface area contributed by atoms with Crippen LogP contribution >= 0.6 is 11.5 Å². The van der Waals surface area contributed by atoms with Crippen LogP contribution in [-0.2, 0) is 0 Å². The molecule has 22 heavy (non-hydrogen) atoms. The molecule has 0 N–H and O–H groups in total. The fourth-order valence-electron chi connectivity index (χ4n) is 2.54. The third-order valence-electron chi connectivity index (χ3n) is 3.86. The van der Waals surface area contributed by atoms with Crippen molar-refractivity contribution in [2.75, 3.05) is 38.2 Å². The zero-order valence-corrected chi connectivity index (χ0v) is 13.5. The molecule has 1 aliphatic heterocycles. The average molecular weight is 318 g/mol. The molecule has 1 aromatic heterocycles. The van der Waals surface area contributed by atoms with Gasteiger partial charge in [0.25, 0.3) is 5.91 Å². The highest BCUT2D eigenvalue weighted by Gasteiger charge is 2.25. The summed E-state index contributed by atoms with van der Waals surface area (Å²) in [6.07, 6.45) is 0. The zero-order valence-electron chi connectivity index (χ0n) is 12.7. The van der Waals surface area contributed by atoms with Crippen LogP contribution in [0.5, 0.6) is 5.75 Å². The number of ether oxygens (including phenoxy) is 1. The minimum atomic E-state index is -0.0133. The molecular formula is C15H18N4O2S. The Hall–Kier alpha value is -2.15. The van der Waals surface area contributed by atoms with Crippen LogP contribution in [0, 0.1) is 6.92 Å². The lowest BCUT2D eigenvalue weighted by Crippen LogP contribution is -2.49. The summed E-state index contributed by atoms with van der Waals surface area (Å²) in [4.78, 5) is 17.4. The van der Waals surface area contributed by atoms with E-state index < -0.39 is 0 Å². The van der Waals surface area contributed by atoms with Crippen molar-refractivity contribution >= 4 is 23.1 Å². The summed E-state index contributed by atoms with van der Waals surface area (Å²) in [5, 5.41) is 3.94. The van der Waals surface area contributed by atoms with Gasteiger partial charge in [-0.05, 0) is 42.7 Å². The monoisotopic (exact) mass is 318 g/mol. The van der Waals surface area contributed by atoms with Crippen LogP contribution < -0.4 is 9.64 Å². The predicted molar refractivity (Wildman–Crippen MR) is 85.8 cm³/mol. The van der Waals surface area contributed by atoms with Crippen molar-refractivity contribution in [3.05, 3.63) is 34.8 Å². The van der Waals surface area contributed by atoms with Crippen LogP contribution in [0.3, 0.4) is 0 Å². The Kier molecular flexibility index (Phi) is 4.24. The SMILES string of the molecule is COc1ccc(N2CCN(C(=O)c3nnsc3C)CC2)cc1. The van der Waals surface area contributed by atoms with Crippen molar-refractivity contribution in [3.8, 4) is 5.75 Å². The van der Waals surface area contributed by atoms with E-state index in [0.717, 1.165) is 29.4 Å². The van der Waals surface area contributed by atoms with E-state index in [1.807, 2.05) is 36.1 Å². The summed E-state index contributed by atoms with van der Waals surface area (Å²) in [7, 11) is 1.66. The van der Waals surface area contributed by atoms with Crippen LogP contribution in [0.25, 0.3) is 0 Å². The summed E-state index contributed by atoms with van der Waals surface area (Å²) < 4.78 is 9.01. The molecule has 3 rings (SSSR count). The first kappa shape index (κ1) is 14.8. The molecule has 2 heterocycles. The number of carbonyl (C=O) groups is 1. The van der Waals surface area contributed by atoms with E-state index in [0.29, 0.717) is 18.8 Å². The Bertz CT molecular complexity index is 648. The average Bonchev–Trinajstić information content (AvgIpc) is 3.00. The van der Waals surface area contributed by atoms with Crippen LogP contribution in [0.15, 0.2) is 24.3 Å². The third-order valence-corrected chi connectivity index (χ3v) is 4.49. The minimum absolute atomic E-state index is 0.0133. The number of aryl methyl sites for hydroxylation is 1. The molecule has 2 aromatic rings. The van der Waals surface area contributed by atoms with Crippen LogP contribution in [0.4, 0.5) is 5.69 Å². The normalized spacial score (nSPS) is 15.0. The molecule has 116 valence electrons. The van der Waals surface area contributed by atoms with Gasteiger partial charge in [0.05, 0.1) is 12.0 Å². The van der Waals surface area contributed by atoms with E-state index in [1.165, 1.54) is 11.5 Å². The molecule has 7 heteroatoms. The van der Waals surface area contributed by atoms with E-state index in [2.05, 4.69) is 14.5 Å². The number of nitrogens with zero attached hydrogens (tertiary/aromatic N) is 4. The molecule has 0 spiro atoms. The van der Waals surface area contributed by atoms with Gasteiger partial charge in [0.1, 0.15) is 5.75 Å². The van der Waals surface area contributed by atoms with Crippen molar-refractivity contribution in [1.29, 1.82) is 0 Å². The summed E-state index contributed by atoms with van der Waals surface area (Å²) in [5.41, 5.74) is 1.64. The van der Waals surface area contributed by atoms with Crippen molar-refractivity contribution in [2.24, 2.45) is 0 Å². The second kappa shape index (κ2) is 6.31. The lowest BCUT2D eigenvalue weighted by Gasteiger charge is -2.35. The summed E-state index contributed by atoms with van der Waals surface area (Å²) in [6.45, 7) is 4.90. The van der Waals surface area contributed by atoms with E-state index in [-0.39, 0.29) is 5.91 Å². The molecule has 0 atom stereocenters. The number of methoxy groups -OCH3 is 1. The zero-order chi connectivity index (χ0) is 15.5. The Labute approximate surface area is 133 Å². The van der Waals surface area contributed by atoms with Crippen molar-refractivity contribution < 1.29 is 9.53 Å². The number of benzene rings is 1. The van der Waals surface area contributed by atoms with Gasteiger partial charge in [0.15, 0.2) is 5.69 Å². The largest absolute Gasteiger partial charge is 0.497 e. The Balaban J connectivity index is 1.62. The first-order valence-corrected chi connectivity index (χ1v) is 7.93. The van der Waals surface area contributed by atoms with Crippen LogP contribution in [0.1, 0.15) is 15.4 Å². The molecule has 1 aliphatic rings. The Morgan fingerprint density at radius 1 is 1.18 bits per heavy atom. The van der Waals surface area contributed by atoms with Gasteiger partial charge in [0, 0.05) is 31.9 Å². The molecule has 1 aromatic carbocycles. The van der Waals surface area contributed by atoms with E-state index in [9.17, 15) is 4.79 Å². The number of carbonyl (C=O) groups excluding carboxylic acids is 1.